The van der Waals surface area contributed by atoms with Gasteiger partial charge in [0.1, 0.15) is 18.2 Å². The van der Waals surface area contributed by atoms with Crippen molar-refractivity contribution < 1.29 is 9.13 Å². The Balaban J connectivity index is 1.69. The van der Waals surface area contributed by atoms with Crippen LogP contribution in [0.5, 0.6) is 5.75 Å². The molecule has 21 heavy (non-hydrogen) atoms. The molecule has 0 aliphatic heterocycles. The molecule has 0 bridgehead atoms. The van der Waals surface area contributed by atoms with Crippen molar-refractivity contribution in [2.24, 2.45) is 0 Å². The van der Waals surface area contributed by atoms with Crippen molar-refractivity contribution in [3.8, 4) is 11.4 Å². The van der Waals surface area contributed by atoms with Crippen LogP contribution < -0.4 is 4.74 Å². The molecule has 3 rings (SSSR count). The maximum atomic E-state index is 13.4. The molecule has 0 aliphatic carbocycles. The van der Waals surface area contributed by atoms with Gasteiger partial charge in [-0.15, -0.1) is 0 Å². The largest absolute Gasteiger partial charge is 0.489 e. The molecular weight excluding hydrogens is 267 g/mol. The van der Waals surface area contributed by atoms with Crippen molar-refractivity contribution in [1.82, 2.24) is 9.78 Å². The van der Waals surface area contributed by atoms with Gasteiger partial charge in [0, 0.05) is 17.8 Å². The summed E-state index contributed by atoms with van der Waals surface area (Å²) < 4.78 is 20.8. The second-order valence-electron chi connectivity index (χ2n) is 4.83. The molecule has 3 aromatic rings. The van der Waals surface area contributed by atoms with E-state index in [1.807, 2.05) is 36.5 Å². The molecule has 0 fully saturated rings. The highest BCUT2D eigenvalue weighted by Crippen LogP contribution is 2.17. The van der Waals surface area contributed by atoms with E-state index in [0.29, 0.717) is 17.9 Å². The molecule has 0 saturated carbocycles. The van der Waals surface area contributed by atoms with Gasteiger partial charge in [-0.05, 0) is 30.7 Å². The molecule has 0 amide bonds. The number of hydrogen-bond acceptors (Lipinski definition) is 2. The average Bonchev–Trinajstić information content (AvgIpc) is 2.98. The fourth-order valence-corrected chi connectivity index (χ4v) is 1.99. The summed E-state index contributed by atoms with van der Waals surface area (Å²) in [7, 11) is 0. The molecule has 3 nitrogen and oxygen atoms in total. The molecule has 4 heteroatoms. The lowest BCUT2D eigenvalue weighted by atomic mass is 10.2. The topological polar surface area (TPSA) is 27.1 Å². The zero-order chi connectivity index (χ0) is 14.7. The van der Waals surface area contributed by atoms with E-state index in [1.165, 1.54) is 6.07 Å². The third-order valence-corrected chi connectivity index (χ3v) is 3.21. The second kappa shape index (κ2) is 5.79. The maximum Gasteiger partial charge on any atom is 0.129 e. The first kappa shape index (κ1) is 13.4. The van der Waals surface area contributed by atoms with Gasteiger partial charge in [0.15, 0.2) is 0 Å². The Kier molecular flexibility index (Phi) is 3.69. The molecule has 1 heterocycles. The minimum Gasteiger partial charge on any atom is -0.489 e. The fourth-order valence-electron chi connectivity index (χ4n) is 1.99. The van der Waals surface area contributed by atoms with Crippen LogP contribution in [-0.2, 0) is 6.61 Å². The van der Waals surface area contributed by atoms with Gasteiger partial charge in [-0.1, -0.05) is 24.3 Å². The molecule has 0 N–H and O–H groups in total. The number of rotatable bonds is 4. The summed E-state index contributed by atoms with van der Waals surface area (Å²) >= 11 is 0. The van der Waals surface area contributed by atoms with Crippen LogP contribution >= 0.6 is 0 Å². The Bertz CT molecular complexity index is 738. The van der Waals surface area contributed by atoms with Gasteiger partial charge < -0.3 is 4.74 Å². The number of nitrogens with zero attached hydrogens (tertiary/aromatic N) is 2. The van der Waals surface area contributed by atoms with Crippen LogP contribution in [0.4, 0.5) is 4.39 Å². The van der Waals surface area contributed by atoms with Crippen LogP contribution in [-0.4, -0.2) is 9.78 Å². The van der Waals surface area contributed by atoms with Crippen LogP contribution in [0.25, 0.3) is 5.69 Å². The Hall–Kier alpha value is -2.62. The Labute approximate surface area is 122 Å². The predicted octanol–water partition coefficient (Wildman–Crippen LogP) is 3.90. The lowest BCUT2D eigenvalue weighted by Gasteiger charge is -2.05. The summed E-state index contributed by atoms with van der Waals surface area (Å²) in [4.78, 5) is 0. The van der Waals surface area contributed by atoms with Gasteiger partial charge in [-0.25, -0.2) is 9.07 Å². The minimum absolute atomic E-state index is 0.257. The van der Waals surface area contributed by atoms with Crippen molar-refractivity contribution in [1.29, 1.82) is 0 Å². The molecule has 0 radical (unpaired) electrons. The van der Waals surface area contributed by atoms with Crippen LogP contribution in [0.1, 0.15) is 11.1 Å². The highest BCUT2D eigenvalue weighted by molar-refractivity contribution is 5.31. The first-order chi connectivity index (χ1) is 10.2. The summed E-state index contributed by atoms with van der Waals surface area (Å²) in [6.07, 6.45) is 3.65. The minimum atomic E-state index is -0.257. The number of halogens is 1. The number of benzene rings is 2. The normalized spacial score (nSPS) is 10.6. The zero-order valence-electron chi connectivity index (χ0n) is 11.7. The van der Waals surface area contributed by atoms with E-state index in [4.69, 9.17) is 4.74 Å². The van der Waals surface area contributed by atoms with Crippen molar-refractivity contribution in [3.05, 3.63) is 77.9 Å². The number of para-hydroxylation sites is 1. The standard InChI is InChI=1S/C17H15FN2O/c1-13-7-8-16(9-17(13)18)21-12-14-10-19-20(11-14)15-5-3-2-4-6-15/h2-11H,12H2,1H3. The van der Waals surface area contributed by atoms with Gasteiger partial charge in [-0.3, -0.25) is 0 Å². The Morgan fingerprint density at radius 2 is 1.95 bits per heavy atom. The number of hydrogen-bond donors (Lipinski definition) is 0. The molecule has 1 aromatic heterocycles. The molecule has 0 unspecified atom stereocenters. The van der Waals surface area contributed by atoms with E-state index in [-0.39, 0.29) is 5.82 Å². The van der Waals surface area contributed by atoms with Crippen molar-refractivity contribution >= 4 is 0 Å². The van der Waals surface area contributed by atoms with Crippen LogP contribution in [0, 0.1) is 12.7 Å². The summed E-state index contributed by atoms with van der Waals surface area (Å²) in [5.74, 6) is 0.262. The Morgan fingerprint density at radius 1 is 1.14 bits per heavy atom. The first-order valence-electron chi connectivity index (χ1n) is 6.70. The van der Waals surface area contributed by atoms with Gasteiger partial charge in [-0.2, -0.15) is 5.10 Å². The van der Waals surface area contributed by atoms with E-state index in [1.54, 1.807) is 29.9 Å². The van der Waals surface area contributed by atoms with Crippen LogP contribution in [0.15, 0.2) is 60.9 Å². The fraction of sp³-hybridized carbons (Fsp3) is 0.118. The molecule has 2 aromatic carbocycles. The molecule has 0 atom stereocenters. The summed E-state index contributed by atoms with van der Waals surface area (Å²) in [5.41, 5.74) is 2.53. The first-order valence-corrected chi connectivity index (χ1v) is 6.70. The summed E-state index contributed by atoms with van der Waals surface area (Å²) in [6.45, 7) is 2.08. The maximum absolute atomic E-state index is 13.4. The predicted molar refractivity (Wildman–Crippen MR) is 79.0 cm³/mol. The number of ether oxygens (including phenoxy) is 1. The number of aromatic nitrogens is 2. The van der Waals surface area contributed by atoms with Gasteiger partial charge in [0.05, 0.1) is 11.9 Å². The SMILES string of the molecule is Cc1ccc(OCc2cnn(-c3ccccc3)c2)cc1F. The third-order valence-electron chi connectivity index (χ3n) is 3.21. The van der Waals surface area contributed by atoms with E-state index >= 15 is 0 Å². The summed E-state index contributed by atoms with van der Waals surface area (Å²) in [6, 6.07) is 14.7. The van der Waals surface area contributed by atoms with E-state index in [0.717, 1.165) is 11.3 Å². The highest BCUT2D eigenvalue weighted by atomic mass is 19.1. The monoisotopic (exact) mass is 282 g/mol. The molecule has 0 saturated heterocycles. The van der Waals surface area contributed by atoms with Gasteiger partial charge in [0.2, 0.25) is 0 Å². The smallest absolute Gasteiger partial charge is 0.129 e. The quantitative estimate of drug-likeness (QED) is 0.725. The van der Waals surface area contributed by atoms with Crippen molar-refractivity contribution in [2.75, 3.05) is 0 Å². The molecule has 0 spiro atoms. The zero-order valence-corrected chi connectivity index (χ0v) is 11.7. The molecule has 0 aliphatic rings. The molecular formula is C17H15FN2O. The van der Waals surface area contributed by atoms with E-state index < -0.39 is 0 Å². The third kappa shape index (κ3) is 3.11. The van der Waals surface area contributed by atoms with E-state index in [9.17, 15) is 4.39 Å². The van der Waals surface area contributed by atoms with E-state index in [2.05, 4.69) is 5.10 Å². The summed E-state index contributed by atoms with van der Waals surface area (Å²) in [5, 5.41) is 4.29. The lowest BCUT2D eigenvalue weighted by molar-refractivity contribution is 0.304. The second-order valence-corrected chi connectivity index (χ2v) is 4.83. The average molecular weight is 282 g/mol. The number of aryl methyl sites for hydroxylation is 1. The Morgan fingerprint density at radius 3 is 2.71 bits per heavy atom. The van der Waals surface area contributed by atoms with Crippen molar-refractivity contribution in [3.63, 3.8) is 0 Å². The van der Waals surface area contributed by atoms with Crippen molar-refractivity contribution in [2.45, 2.75) is 13.5 Å². The van der Waals surface area contributed by atoms with Gasteiger partial charge >= 0.3 is 0 Å². The van der Waals surface area contributed by atoms with Crippen LogP contribution in [0.3, 0.4) is 0 Å². The van der Waals surface area contributed by atoms with Crippen LogP contribution in [0.2, 0.25) is 0 Å². The lowest BCUT2D eigenvalue weighted by Crippen LogP contribution is -1.96. The molecule has 106 valence electrons. The van der Waals surface area contributed by atoms with Gasteiger partial charge in [0.25, 0.3) is 0 Å². The highest BCUT2D eigenvalue weighted by Gasteiger charge is 2.03.